The Bertz CT molecular complexity index is 659. The molecular formula is C18H26ClFN4O3. The second kappa shape index (κ2) is 11.5. The Morgan fingerprint density at radius 2 is 1.96 bits per heavy atom. The number of piperazine rings is 1. The van der Waals surface area contributed by atoms with Gasteiger partial charge in [0.25, 0.3) is 0 Å². The van der Waals surface area contributed by atoms with Crippen LogP contribution in [-0.2, 0) is 14.4 Å². The van der Waals surface area contributed by atoms with Crippen molar-refractivity contribution in [1.29, 1.82) is 0 Å². The second-order valence-corrected chi connectivity index (χ2v) is 6.19. The molecule has 1 fully saturated rings. The molecule has 150 valence electrons. The molecule has 1 heterocycles. The summed E-state index contributed by atoms with van der Waals surface area (Å²) >= 11 is 0. The van der Waals surface area contributed by atoms with Gasteiger partial charge in [0.2, 0.25) is 17.7 Å². The Morgan fingerprint density at radius 3 is 2.67 bits per heavy atom. The fourth-order valence-corrected chi connectivity index (χ4v) is 2.91. The highest BCUT2D eigenvalue weighted by Gasteiger charge is 2.28. The van der Waals surface area contributed by atoms with Crippen molar-refractivity contribution in [2.45, 2.75) is 25.8 Å². The van der Waals surface area contributed by atoms with Crippen LogP contribution in [0.1, 0.15) is 31.4 Å². The van der Waals surface area contributed by atoms with Crippen LogP contribution in [0.15, 0.2) is 24.3 Å². The van der Waals surface area contributed by atoms with E-state index in [4.69, 9.17) is 0 Å². The van der Waals surface area contributed by atoms with Crippen molar-refractivity contribution < 1.29 is 18.8 Å². The zero-order valence-corrected chi connectivity index (χ0v) is 16.1. The van der Waals surface area contributed by atoms with Crippen LogP contribution in [0.25, 0.3) is 0 Å². The van der Waals surface area contributed by atoms with Gasteiger partial charge >= 0.3 is 0 Å². The zero-order chi connectivity index (χ0) is 18.9. The summed E-state index contributed by atoms with van der Waals surface area (Å²) < 4.78 is 13.5. The van der Waals surface area contributed by atoms with E-state index in [1.807, 2.05) is 0 Å². The molecule has 1 atom stereocenters. The molecule has 1 aliphatic rings. The number of nitrogens with one attached hydrogen (secondary N) is 3. The third-order valence-electron chi connectivity index (χ3n) is 4.18. The average Bonchev–Trinajstić information content (AvgIpc) is 2.63. The number of hydrogen-bond donors (Lipinski definition) is 3. The molecule has 27 heavy (non-hydrogen) atoms. The molecule has 0 radical (unpaired) electrons. The Kier molecular flexibility index (Phi) is 9.74. The standard InChI is InChI=1S/C18H25FN4O3.ClH/c1-13(24)21-7-8-22-17(25)5-6-18(26)23-10-9-20-12-16(23)14-3-2-4-15(19)11-14;/h2-4,11,16,20H,5-10,12H2,1H3,(H,21,24)(H,22,25);1H. The van der Waals surface area contributed by atoms with Crippen LogP contribution in [-0.4, -0.2) is 55.3 Å². The van der Waals surface area contributed by atoms with E-state index in [1.54, 1.807) is 17.0 Å². The SMILES string of the molecule is CC(=O)NCCNC(=O)CCC(=O)N1CCNCC1c1cccc(F)c1.Cl. The molecule has 2 rings (SSSR count). The van der Waals surface area contributed by atoms with Crippen molar-refractivity contribution >= 4 is 30.1 Å². The van der Waals surface area contributed by atoms with Crippen LogP contribution in [0.2, 0.25) is 0 Å². The molecule has 9 heteroatoms. The molecule has 0 bridgehead atoms. The molecular weight excluding hydrogens is 375 g/mol. The molecule has 0 spiro atoms. The van der Waals surface area contributed by atoms with Gasteiger partial charge in [-0.25, -0.2) is 4.39 Å². The number of carbonyl (C=O) groups is 3. The molecule has 3 amide bonds. The van der Waals surface area contributed by atoms with Gasteiger partial charge in [-0.15, -0.1) is 12.4 Å². The highest BCUT2D eigenvalue weighted by Crippen LogP contribution is 2.23. The third-order valence-corrected chi connectivity index (χ3v) is 4.18. The Balaban J connectivity index is 0.00000364. The predicted octanol–water partition coefficient (Wildman–Crippen LogP) is 0.753. The van der Waals surface area contributed by atoms with Gasteiger partial charge in [0.05, 0.1) is 6.04 Å². The fraction of sp³-hybridized carbons (Fsp3) is 0.500. The van der Waals surface area contributed by atoms with Crippen molar-refractivity contribution in [3.63, 3.8) is 0 Å². The lowest BCUT2D eigenvalue weighted by Gasteiger charge is -2.36. The highest BCUT2D eigenvalue weighted by molar-refractivity contribution is 5.85. The quantitative estimate of drug-likeness (QED) is 0.589. The van der Waals surface area contributed by atoms with E-state index in [2.05, 4.69) is 16.0 Å². The average molecular weight is 401 g/mol. The van der Waals surface area contributed by atoms with Crippen LogP contribution in [0, 0.1) is 5.82 Å². The van der Waals surface area contributed by atoms with Crippen LogP contribution in [0.3, 0.4) is 0 Å². The summed E-state index contributed by atoms with van der Waals surface area (Å²) in [4.78, 5) is 36.8. The summed E-state index contributed by atoms with van der Waals surface area (Å²) in [6, 6.07) is 6.00. The van der Waals surface area contributed by atoms with E-state index in [0.29, 0.717) is 32.7 Å². The molecule has 0 saturated carbocycles. The van der Waals surface area contributed by atoms with Crippen LogP contribution >= 0.6 is 12.4 Å². The zero-order valence-electron chi connectivity index (χ0n) is 15.3. The van der Waals surface area contributed by atoms with Gasteiger partial charge in [0, 0.05) is 52.5 Å². The summed E-state index contributed by atoms with van der Waals surface area (Å²) in [5.41, 5.74) is 0.741. The van der Waals surface area contributed by atoms with Crippen LogP contribution in [0.4, 0.5) is 4.39 Å². The highest BCUT2D eigenvalue weighted by atomic mass is 35.5. The first kappa shape index (κ1) is 22.9. The lowest BCUT2D eigenvalue weighted by atomic mass is 10.0. The topological polar surface area (TPSA) is 90.5 Å². The second-order valence-electron chi connectivity index (χ2n) is 6.19. The van der Waals surface area contributed by atoms with Gasteiger partial charge in [0.1, 0.15) is 5.82 Å². The van der Waals surface area contributed by atoms with Crippen LogP contribution in [0.5, 0.6) is 0 Å². The summed E-state index contributed by atoms with van der Waals surface area (Å²) in [7, 11) is 0. The molecule has 1 unspecified atom stereocenters. The molecule has 0 aliphatic carbocycles. The minimum atomic E-state index is -0.334. The van der Waals surface area contributed by atoms with Crippen molar-refractivity contribution in [1.82, 2.24) is 20.9 Å². The molecule has 1 aromatic carbocycles. The normalized spacial score (nSPS) is 16.2. The summed E-state index contributed by atoms with van der Waals surface area (Å²) in [6.07, 6.45) is 0.177. The minimum Gasteiger partial charge on any atom is -0.355 e. The van der Waals surface area contributed by atoms with Crippen molar-refractivity contribution in [3.05, 3.63) is 35.6 Å². The first-order valence-corrected chi connectivity index (χ1v) is 8.74. The monoisotopic (exact) mass is 400 g/mol. The molecule has 0 aromatic heterocycles. The number of nitrogens with zero attached hydrogens (tertiary/aromatic N) is 1. The maximum absolute atomic E-state index is 13.5. The number of benzene rings is 1. The van der Waals surface area contributed by atoms with E-state index >= 15 is 0 Å². The molecule has 1 aliphatic heterocycles. The summed E-state index contributed by atoms with van der Waals surface area (Å²) in [6.45, 7) is 3.83. The third kappa shape index (κ3) is 7.52. The number of halogens is 2. The van der Waals surface area contributed by atoms with E-state index < -0.39 is 0 Å². The van der Waals surface area contributed by atoms with Crippen molar-refractivity contribution in [2.24, 2.45) is 0 Å². The molecule has 7 nitrogen and oxygen atoms in total. The maximum atomic E-state index is 13.5. The number of amides is 3. The summed E-state index contributed by atoms with van der Waals surface area (Å²) in [5, 5.41) is 8.46. The lowest BCUT2D eigenvalue weighted by molar-refractivity contribution is -0.136. The van der Waals surface area contributed by atoms with Gasteiger partial charge in [0.15, 0.2) is 0 Å². The van der Waals surface area contributed by atoms with E-state index in [1.165, 1.54) is 19.1 Å². The first-order chi connectivity index (χ1) is 12.5. The molecule has 1 saturated heterocycles. The minimum absolute atomic E-state index is 0. The number of carbonyl (C=O) groups excluding carboxylic acids is 3. The lowest BCUT2D eigenvalue weighted by Crippen LogP contribution is -2.48. The van der Waals surface area contributed by atoms with Gasteiger partial charge in [-0.1, -0.05) is 12.1 Å². The Hall–Kier alpha value is -2.19. The van der Waals surface area contributed by atoms with Crippen LogP contribution < -0.4 is 16.0 Å². The predicted molar refractivity (Wildman–Crippen MR) is 102 cm³/mol. The van der Waals surface area contributed by atoms with E-state index in [9.17, 15) is 18.8 Å². The van der Waals surface area contributed by atoms with Gasteiger partial charge in [-0.05, 0) is 17.7 Å². The molecule has 1 aromatic rings. The van der Waals surface area contributed by atoms with Crippen molar-refractivity contribution in [2.75, 3.05) is 32.7 Å². The maximum Gasteiger partial charge on any atom is 0.223 e. The van der Waals surface area contributed by atoms with Gasteiger partial charge < -0.3 is 20.9 Å². The van der Waals surface area contributed by atoms with Gasteiger partial charge in [-0.3, -0.25) is 14.4 Å². The van der Waals surface area contributed by atoms with Gasteiger partial charge in [-0.2, -0.15) is 0 Å². The number of hydrogen-bond acceptors (Lipinski definition) is 4. The first-order valence-electron chi connectivity index (χ1n) is 8.74. The van der Waals surface area contributed by atoms with E-state index in [-0.39, 0.29) is 54.8 Å². The number of rotatable bonds is 7. The summed E-state index contributed by atoms with van der Waals surface area (Å²) in [5.74, 6) is -0.852. The Labute approximate surface area is 164 Å². The smallest absolute Gasteiger partial charge is 0.223 e. The fourth-order valence-electron chi connectivity index (χ4n) is 2.91. The van der Waals surface area contributed by atoms with E-state index in [0.717, 1.165) is 5.56 Å². The molecule has 3 N–H and O–H groups in total. The largest absolute Gasteiger partial charge is 0.355 e. The van der Waals surface area contributed by atoms with Crippen molar-refractivity contribution in [3.8, 4) is 0 Å². The Morgan fingerprint density at radius 1 is 1.22 bits per heavy atom.